The molecule has 3 N–H and O–H groups in total. The Hall–Kier alpha value is -3.05. The SMILES string of the molecule is NCC(=O)Nc1cccc(-c2cccc(-c3ccncc3)c2)n1. The summed E-state index contributed by atoms with van der Waals surface area (Å²) in [5.74, 6) is 0.229. The van der Waals surface area contributed by atoms with E-state index < -0.39 is 0 Å². The number of anilines is 1. The molecule has 1 aromatic carbocycles. The predicted molar refractivity (Wildman–Crippen MR) is 90.6 cm³/mol. The van der Waals surface area contributed by atoms with Crippen molar-refractivity contribution >= 4 is 11.7 Å². The number of carbonyl (C=O) groups is 1. The second kappa shape index (κ2) is 6.81. The van der Waals surface area contributed by atoms with Gasteiger partial charge < -0.3 is 11.1 Å². The molecule has 3 aromatic rings. The minimum Gasteiger partial charge on any atom is -0.322 e. The number of hydrogen-bond acceptors (Lipinski definition) is 4. The fourth-order valence-electron chi connectivity index (χ4n) is 2.26. The quantitative estimate of drug-likeness (QED) is 0.776. The summed E-state index contributed by atoms with van der Waals surface area (Å²) in [6.07, 6.45) is 3.53. The van der Waals surface area contributed by atoms with Crippen molar-refractivity contribution in [3.05, 3.63) is 67.0 Å². The van der Waals surface area contributed by atoms with Gasteiger partial charge in [-0.2, -0.15) is 0 Å². The predicted octanol–water partition coefficient (Wildman–Crippen LogP) is 2.71. The fourth-order valence-corrected chi connectivity index (χ4v) is 2.26. The lowest BCUT2D eigenvalue weighted by atomic mass is 10.0. The van der Waals surface area contributed by atoms with E-state index in [4.69, 9.17) is 5.73 Å². The third-order valence-corrected chi connectivity index (χ3v) is 3.37. The van der Waals surface area contributed by atoms with Crippen molar-refractivity contribution in [2.45, 2.75) is 0 Å². The lowest BCUT2D eigenvalue weighted by Gasteiger charge is -2.08. The summed E-state index contributed by atoms with van der Waals surface area (Å²) in [5, 5.41) is 2.66. The lowest BCUT2D eigenvalue weighted by molar-refractivity contribution is -0.114. The number of aromatic nitrogens is 2. The first kappa shape index (κ1) is 14.9. The summed E-state index contributed by atoms with van der Waals surface area (Å²) in [7, 11) is 0. The smallest absolute Gasteiger partial charge is 0.239 e. The summed E-state index contributed by atoms with van der Waals surface area (Å²) >= 11 is 0. The number of carbonyl (C=O) groups excluding carboxylic acids is 1. The molecule has 0 radical (unpaired) electrons. The maximum absolute atomic E-state index is 11.4. The molecular formula is C18H16N4O. The number of nitrogens with zero attached hydrogens (tertiary/aromatic N) is 2. The molecule has 0 saturated carbocycles. The topological polar surface area (TPSA) is 80.9 Å². The second-order valence-electron chi connectivity index (χ2n) is 4.98. The first-order valence-corrected chi connectivity index (χ1v) is 7.24. The normalized spacial score (nSPS) is 10.3. The number of rotatable bonds is 4. The van der Waals surface area contributed by atoms with E-state index in [1.807, 2.05) is 42.5 Å². The zero-order valence-electron chi connectivity index (χ0n) is 12.4. The molecule has 0 aliphatic rings. The Labute approximate surface area is 134 Å². The van der Waals surface area contributed by atoms with Crippen LogP contribution in [0.1, 0.15) is 0 Å². The molecule has 0 aliphatic carbocycles. The van der Waals surface area contributed by atoms with E-state index in [-0.39, 0.29) is 12.5 Å². The van der Waals surface area contributed by atoms with Crippen LogP contribution in [0.2, 0.25) is 0 Å². The summed E-state index contributed by atoms with van der Waals surface area (Å²) in [6, 6.07) is 17.5. The molecule has 2 aromatic heterocycles. The molecule has 0 saturated heterocycles. The van der Waals surface area contributed by atoms with Gasteiger partial charge in [0.1, 0.15) is 5.82 Å². The zero-order chi connectivity index (χ0) is 16.1. The van der Waals surface area contributed by atoms with E-state index in [1.54, 1.807) is 18.5 Å². The van der Waals surface area contributed by atoms with Crippen molar-refractivity contribution in [2.75, 3.05) is 11.9 Å². The van der Waals surface area contributed by atoms with Crippen molar-refractivity contribution in [1.29, 1.82) is 0 Å². The summed E-state index contributed by atoms with van der Waals surface area (Å²) < 4.78 is 0. The van der Waals surface area contributed by atoms with Crippen LogP contribution in [-0.4, -0.2) is 22.4 Å². The number of benzene rings is 1. The molecule has 114 valence electrons. The highest BCUT2D eigenvalue weighted by atomic mass is 16.1. The van der Waals surface area contributed by atoms with Gasteiger partial charge >= 0.3 is 0 Å². The standard InChI is InChI=1S/C18H16N4O/c19-12-18(23)22-17-6-2-5-16(21-17)15-4-1-3-14(11-15)13-7-9-20-10-8-13/h1-11H,12,19H2,(H,21,22,23). The molecule has 3 rings (SSSR count). The van der Waals surface area contributed by atoms with Crippen molar-refractivity contribution in [3.63, 3.8) is 0 Å². The number of pyridine rings is 2. The van der Waals surface area contributed by atoms with Crippen LogP contribution in [0.15, 0.2) is 67.0 Å². The van der Waals surface area contributed by atoms with Gasteiger partial charge in [0.15, 0.2) is 0 Å². The number of nitrogens with one attached hydrogen (secondary N) is 1. The molecule has 2 heterocycles. The van der Waals surface area contributed by atoms with Crippen LogP contribution in [0.4, 0.5) is 5.82 Å². The van der Waals surface area contributed by atoms with Gasteiger partial charge in [-0.25, -0.2) is 4.98 Å². The average molecular weight is 304 g/mol. The molecule has 0 spiro atoms. The van der Waals surface area contributed by atoms with Crippen LogP contribution in [0.25, 0.3) is 22.4 Å². The van der Waals surface area contributed by atoms with Crippen LogP contribution < -0.4 is 11.1 Å². The minimum absolute atomic E-state index is 0.0660. The van der Waals surface area contributed by atoms with Gasteiger partial charge in [0.25, 0.3) is 0 Å². The van der Waals surface area contributed by atoms with Crippen molar-refractivity contribution in [2.24, 2.45) is 5.73 Å². The minimum atomic E-state index is -0.264. The van der Waals surface area contributed by atoms with E-state index in [1.165, 1.54) is 0 Å². The Morgan fingerprint density at radius 1 is 0.957 bits per heavy atom. The molecule has 0 unspecified atom stereocenters. The van der Waals surface area contributed by atoms with Gasteiger partial charge in [-0.15, -0.1) is 0 Å². The van der Waals surface area contributed by atoms with Crippen molar-refractivity contribution in [1.82, 2.24) is 9.97 Å². The van der Waals surface area contributed by atoms with Crippen molar-refractivity contribution in [3.8, 4) is 22.4 Å². The maximum Gasteiger partial charge on any atom is 0.239 e. The van der Waals surface area contributed by atoms with Crippen LogP contribution in [0.5, 0.6) is 0 Å². The molecular weight excluding hydrogens is 288 g/mol. The van der Waals surface area contributed by atoms with E-state index in [0.717, 1.165) is 22.4 Å². The molecule has 0 aliphatic heterocycles. The van der Waals surface area contributed by atoms with E-state index in [9.17, 15) is 4.79 Å². The van der Waals surface area contributed by atoms with Gasteiger partial charge in [-0.1, -0.05) is 24.3 Å². The number of hydrogen-bond donors (Lipinski definition) is 2. The molecule has 1 amide bonds. The van der Waals surface area contributed by atoms with Gasteiger partial charge in [-0.3, -0.25) is 9.78 Å². The fraction of sp³-hybridized carbons (Fsp3) is 0.0556. The van der Waals surface area contributed by atoms with Gasteiger partial charge in [0.2, 0.25) is 5.91 Å². The Morgan fingerprint density at radius 3 is 2.48 bits per heavy atom. The molecule has 5 nitrogen and oxygen atoms in total. The maximum atomic E-state index is 11.4. The van der Waals surface area contributed by atoms with Crippen LogP contribution >= 0.6 is 0 Å². The third kappa shape index (κ3) is 3.59. The Kier molecular flexibility index (Phi) is 4.40. The van der Waals surface area contributed by atoms with Crippen LogP contribution in [0, 0.1) is 0 Å². The molecule has 23 heavy (non-hydrogen) atoms. The summed E-state index contributed by atoms with van der Waals surface area (Å²) in [5.41, 5.74) is 9.25. The highest BCUT2D eigenvalue weighted by Gasteiger charge is 2.05. The molecule has 5 heteroatoms. The van der Waals surface area contributed by atoms with Crippen LogP contribution in [0.3, 0.4) is 0 Å². The monoisotopic (exact) mass is 304 g/mol. The highest BCUT2D eigenvalue weighted by Crippen LogP contribution is 2.25. The second-order valence-corrected chi connectivity index (χ2v) is 4.98. The number of nitrogens with two attached hydrogens (primary N) is 1. The summed E-state index contributed by atoms with van der Waals surface area (Å²) in [6.45, 7) is -0.0660. The van der Waals surface area contributed by atoms with Crippen molar-refractivity contribution < 1.29 is 4.79 Å². The van der Waals surface area contributed by atoms with E-state index in [2.05, 4.69) is 21.4 Å². The number of amides is 1. The first-order valence-electron chi connectivity index (χ1n) is 7.24. The van der Waals surface area contributed by atoms with E-state index in [0.29, 0.717) is 5.82 Å². The van der Waals surface area contributed by atoms with Gasteiger partial charge in [0, 0.05) is 18.0 Å². The largest absolute Gasteiger partial charge is 0.322 e. The van der Waals surface area contributed by atoms with Gasteiger partial charge in [-0.05, 0) is 41.5 Å². The Bertz CT molecular complexity index is 818. The van der Waals surface area contributed by atoms with E-state index >= 15 is 0 Å². The first-order chi connectivity index (χ1) is 11.3. The third-order valence-electron chi connectivity index (χ3n) is 3.37. The average Bonchev–Trinajstić information content (AvgIpc) is 2.63. The zero-order valence-corrected chi connectivity index (χ0v) is 12.4. The Morgan fingerprint density at radius 2 is 1.70 bits per heavy atom. The Balaban J connectivity index is 1.93. The van der Waals surface area contributed by atoms with Crippen LogP contribution in [-0.2, 0) is 4.79 Å². The summed E-state index contributed by atoms with van der Waals surface area (Å²) in [4.78, 5) is 19.9. The van der Waals surface area contributed by atoms with Gasteiger partial charge in [0.05, 0.1) is 12.2 Å². The molecule has 0 atom stereocenters. The molecule has 0 bridgehead atoms. The lowest BCUT2D eigenvalue weighted by Crippen LogP contribution is -2.22. The highest BCUT2D eigenvalue weighted by molar-refractivity contribution is 5.91. The molecule has 0 fully saturated rings.